The summed E-state index contributed by atoms with van der Waals surface area (Å²) in [4.78, 5) is 18.1. The first kappa shape index (κ1) is 17.4. The molecule has 3 aromatic rings. The fourth-order valence-corrected chi connectivity index (χ4v) is 4.20. The number of nitrogens with zero attached hydrogens (tertiary/aromatic N) is 2. The molecule has 0 aliphatic carbocycles. The maximum Gasteiger partial charge on any atom is 0.167 e. The fraction of sp³-hybridized carbons (Fsp3) is 0.150. The lowest BCUT2D eigenvalue weighted by Crippen LogP contribution is -2.13. The number of thioether (sulfide) groups is 1. The van der Waals surface area contributed by atoms with Gasteiger partial charge in [-0.2, -0.15) is 5.26 Å². The maximum absolute atomic E-state index is 12.5. The number of Topliss-reactive ketones (excluding diaryl/α,β-unsaturated/α-hetero) is 1. The molecule has 0 spiro atoms. The molecule has 0 N–H and O–H groups in total. The van der Waals surface area contributed by atoms with Crippen LogP contribution < -0.4 is 0 Å². The molecule has 0 aliphatic rings. The quantitative estimate of drug-likeness (QED) is 0.572. The smallest absolute Gasteiger partial charge is 0.167 e. The van der Waals surface area contributed by atoms with Gasteiger partial charge in [-0.3, -0.25) is 4.79 Å². The van der Waals surface area contributed by atoms with E-state index in [2.05, 4.69) is 11.1 Å². The molecule has 0 fully saturated rings. The Morgan fingerprint density at radius 3 is 2.64 bits per heavy atom. The Balaban J connectivity index is 1.72. The highest BCUT2D eigenvalue weighted by molar-refractivity contribution is 8.00. The summed E-state index contributed by atoms with van der Waals surface area (Å²) in [5, 5.41) is 11.9. The van der Waals surface area contributed by atoms with Crippen molar-refractivity contribution < 1.29 is 4.79 Å². The van der Waals surface area contributed by atoms with Crippen LogP contribution in [0.25, 0.3) is 11.3 Å². The van der Waals surface area contributed by atoms with E-state index in [0.29, 0.717) is 5.01 Å². The monoisotopic (exact) mass is 364 g/mol. The van der Waals surface area contributed by atoms with Crippen LogP contribution in [0.15, 0.2) is 64.9 Å². The van der Waals surface area contributed by atoms with E-state index in [9.17, 15) is 10.1 Å². The summed E-state index contributed by atoms with van der Waals surface area (Å²) in [6, 6.07) is 19.8. The molecule has 0 aliphatic heterocycles. The van der Waals surface area contributed by atoms with E-state index in [4.69, 9.17) is 0 Å². The molecular weight excluding hydrogens is 348 g/mol. The van der Waals surface area contributed by atoms with E-state index < -0.39 is 5.92 Å². The molecule has 5 heteroatoms. The van der Waals surface area contributed by atoms with Crippen molar-refractivity contribution in [2.24, 2.45) is 0 Å². The Labute approximate surface area is 155 Å². The summed E-state index contributed by atoms with van der Waals surface area (Å²) in [6.07, 6.45) is 0. The summed E-state index contributed by atoms with van der Waals surface area (Å²) in [7, 11) is 0. The third kappa shape index (κ3) is 4.16. The highest BCUT2D eigenvalue weighted by Crippen LogP contribution is 2.29. The molecule has 2 aromatic carbocycles. The van der Waals surface area contributed by atoms with Gasteiger partial charge in [0.25, 0.3) is 0 Å². The van der Waals surface area contributed by atoms with Crippen LogP contribution in [0.5, 0.6) is 0 Å². The van der Waals surface area contributed by atoms with Crippen molar-refractivity contribution in [2.75, 3.05) is 5.75 Å². The van der Waals surface area contributed by atoms with Gasteiger partial charge in [-0.1, -0.05) is 48.5 Å². The van der Waals surface area contributed by atoms with Gasteiger partial charge < -0.3 is 0 Å². The van der Waals surface area contributed by atoms with E-state index in [1.807, 2.05) is 66.9 Å². The van der Waals surface area contributed by atoms with Crippen molar-refractivity contribution in [3.05, 3.63) is 70.5 Å². The molecule has 1 aromatic heterocycles. The van der Waals surface area contributed by atoms with Crippen molar-refractivity contribution in [1.82, 2.24) is 4.98 Å². The van der Waals surface area contributed by atoms with Crippen LogP contribution in [0.3, 0.4) is 0 Å². The number of carbonyl (C=O) groups is 1. The highest BCUT2D eigenvalue weighted by atomic mass is 32.2. The summed E-state index contributed by atoms with van der Waals surface area (Å²) in [5.74, 6) is -0.646. The zero-order valence-electron chi connectivity index (χ0n) is 13.7. The van der Waals surface area contributed by atoms with Crippen LogP contribution in [-0.4, -0.2) is 16.5 Å². The van der Waals surface area contributed by atoms with Gasteiger partial charge in [-0.25, -0.2) is 4.98 Å². The van der Waals surface area contributed by atoms with Gasteiger partial charge in [0.1, 0.15) is 5.01 Å². The van der Waals surface area contributed by atoms with Crippen LogP contribution in [0.1, 0.15) is 16.5 Å². The van der Waals surface area contributed by atoms with Gasteiger partial charge in [-0.15, -0.1) is 23.1 Å². The van der Waals surface area contributed by atoms with Crippen LogP contribution in [-0.2, 0) is 4.79 Å². The van der Waals surface area contributed by atoms with Crippen molar-refractivity contribution in [2.45, 2.75) is 17.7 Å². The van der Waals surface area contributed by atoms with Gasteiger partial charge in [0, 0.05) is 15.8 Å². The Hall–Kier alpha value is -2.42. The second kappa shape index (κ2) is 8.11. The number of nitriles is 1. The molecule has 0 bridgehead atoms. The number of rotatable bonds is 6. The van der Waals surface area contributed by atoms with Crippen LogP contribution in [0, 0.1) is 18.3 Å². The van der Waals surface area contributed by atoms with Crippen molar-refractivity contribution >= 4 is 28.9 Å². The third-order valence-corrected chi connectivity index (χ3v) is 5.86. The molecule has 1 unspecified atom stereocenters. The molecule has 0 radical (unpaired) electrons. The largest absolute Gasteiger partial charge is 0.297 e. The molecule has 0 amide bonds. The van der Waals surface area contributed by atoms with Gasteiger partial charge in [0.05, 0.1) is 17.5 Å². The minimum Gasteiger partial charge on any atom is -0.297 e. The fourth-order valence-electron chi connectivity index (χ4n) is 2.38. The summed E-state index contributed by atoms with van der Waals surface area (Å²) in [5.41, 5.74) is 2.93. The molecule has 124 valence electrons. The minimum atomic E-state index is -0.806. The van der Waals surface area contributed by atoms with Gasteiger partial charge in [0.2, 0.25) is 0 Å². The zero-order valence-corrected chi connectivity index (χ0v) is 15.3. The average molecular weight is 364 g/mol. The Morgan fingerprint density at radius 1 is 1.20 bits per heavy atom. The zero-order chi connectivity index (χ0) is 17.6. The van der Waals surface area contributed by atoms with E-state index in [1.54, 1.807) is 0 Å². The van der Waals surface area contributed by atoms with Gasteiger partial charge in [0.15, 0.2) is 11.7 Å². The van der Waals surface area contributed by atoms with E-state index in [-0.39, 0.29) is 11.5 Å². The predicted octanol–water partition coefficient (Wildman–Crippen LogP) is 5.09. The molecule has 1 heterocycles. The number of hydrogen-bond acceptors (Lipinski definition) is 5. The number of aryl methyl sites for hydroxylation is 1. The number of thiazole rings is 1. The normalized spacial score (nSPS) is 11.7. The Bertz CT molecular complexity index is 913. The first-order valence-corrected chi connectivity index (χ1v) is 9.67. The number of carbonyl (C=O) groups excluding carboxylic acids is 1. The van der Waals surface area contributed by atoms with E-state index >= 15 is 0 Å². The number of ketones is 1. The van der Waals surface area contributed by atoms with E-state index in [0.717, 1.165) is 21.7 Å². The van der Waals surface area contributed by atoms with E-state index in [1.165, 1.54) is 23.1 Å². The minimum absolute atomic E-state index is 0.107. The van der Waals surface area contributed by atoms with Crippen molar-refractivity contribution in [3.8, 4) is 17.3 Å². The lowest BCUT2D eigenvalue weighted by Gasteiger charge is -2.07. The molecule has 3 rings (SSSR count). The number of benzene rings is 2. The highest BCUT2D eigenvalue weighted by Gasteiger charge is 2.24. The number of hydrogen-bond donors (Lipinski definition) is 0. The Kier molecular flexibility index (Phi) is 5.64. The number of aromatic nitrogens is 1. The molecule has 25 heavy (non-hydrogen) atoms. The summed E-state index contributed by atoms with van der Waals surface area (Å²) >= 11 is 2.84. The second-order valence-electron chi connectivity index (χ2n) is 5.52. The first-order chi connectivity index (χ1) is 12.2. The molecule has 0 saturated carbocycles. The first-order valence-electron chi connectivity index (χ1n) is 7.80. The van der Waals surface area contributed by atoms with Crippen LogP contribution >= 0.6 is 23.1 Å². The van der Waals surface area contributed by atoms with Crippen molar-refractivity contribution in [1.29, 1.82) is 5.26 Å². The maximum atomic E-state index is 12.5. The van der Waals surface area contributed by atoms with Crippen LogP contribution in [0.4, 0.5) is 0 Å². The predicted molar refractivity (Wildman–Crippen MR) is 103 cm³/mol. The average Bonchev–Trinajstić information content (AvgIpc) is 3.12. The molecular formula is C20H16N2OS2. The molecule has 1 atom stereocenters. The summed E-state index contributed by atoms with van der Waals surface area (Å²) in [6.45, 7) is 2.02. The lowest BCUT2D eigenvalue weighted by atomic mass is 10.1. The second-order valence-corrected chi connectivity index (χ2v) is 7.43. The van der Waals surface area contributed by atoms with Gasteiger partial charge >= 0.3 is 0 Å². The topological polar surface area (TPSA) is 53.8 Å². The third-order valence-electron chi connectivity index (χ3n) is 3.75. The Morgan fingerprint density at radius 2 is 1.92 bits per heavy atom. The summed E-state index contributed by atoms with van der Waals surface area (Å²) < 4.78 is 0. The lowest BCUT2D eigenvalue weighted by molar-refractivity contribution is -0.116. The molecule has 3 nitrogen and oxygen atoms in total. The van der Waals surface area contributed by atoms with Crippen molar-refractivity contribution in [3.63, 3.8) is 0 Å². The SMILES string of the molecule is Cc1ccccc1SCC(=O)C(C#N)c1nc(-c2ccccc2)cs1. The van der Waals surface area contributed by atoms with Crippen LogP contribution in [0.2, 0.25) is 0 Å². The van der Waals surface area contributed by atoms with Gasteiger partial charge in [-0.05, 0) is 18.6 Å². The standard InChI is InChI=1S/C20H16N2OS2/c1-14-7-5-6-10-19(14)24-13-18(23)16(11-21)20-22-17(12-25-20)15-8-3-2-4-9-15/h2-10,12,16H,13H2,1H3. The molecule has 0 saturated heterocycles.